The molecule has 9 heteroatoms. The van der Waals surface area contributed by atoms with Crippen LogP contribution in [0.3, 0.4) is 0 Å². The molecule has 0 saturated heterocycles. The molecule has 0 aliphatic rings. The first-order chi connectivity index (χ1) is 14.8. The summed E-state index contributed by atoms with van der Waals surface area (Å²) in [5, 5.41) is 5.26. The van der Waals surface area contributed by atoms with Gasteiger partial charge in [0.25, 0.3) is 0 Å². The average molecular weight is 426 g/mol. The third kappa shape index (κ3) is 4.95. The number of ether oxygens (including phenoxy) is 1. The maximum absolute atomic E-state index is 12.3. The molecule has 31 heavy (non-hydrogen) atoms. The minimum absolute atomic E-state index is 0.319. The van der Waals surface area contributed by atoms with Gasteiger partial charge < -0.3 is 19.8 Å². The predicted molar refractivity (Wildman–Crippen MR) is 111 cm³/mol. The number of aromatic nitrogens is 2. The van der Waals surface area contributed by atoms with Gasteiger partial charge in [-0.05, 0) is 55.0 Å². The summed E-state index contributed by atoms with van der Waals surface area (Å²) in [4.78, 5) is 16.9. The monoisotopic (exact) mass is 426 g/mol. The van der Waals surface area contributed by atoms with Crippen LogP contribution in [0, 0.1) is 6.92 Å². The van der Waals surface area contributed by atoms with Crippen LogP contribution >= 0.6 is 0 Å². The molecule has 2 heterocycles. The summed E-state index contributed by atoms with van der Waals surface area (Å²) in [5.74, 6) is -0.367. The molecule has 4 rings (SSSR count). The molecule has 4 aromatic rings. The number of carbonyl (C=O) groups excluding carboxylic acids is 1. The lowest BCUT2D eigenvalue weighted by Gasteiger charge is -2.11. The number of nitrogens with one attached hydrogen (secondary N) is 2. The van der Waals surface area contributed by atoms with Crippen molar-refractivity contribution in [3.63, 3.8) is 0 Å². The molecule has 158 valence electrons. The topological polar surface area (TPSA) is 67.7 Å². The number of pyridine rings is 1. The van der Waals surface area contributed by atoms with Crippen LogP contribution in [0.2, 0.25) is 0 Å². The molecule has 0 aliphatic heterocycles. The zero-order valence-electron chi connectivity index (χ0n) is 16.3. The summed E-state index contributed by atoms with van der Waals surface area (Å²) in [6.07, 6.45) is -0.942. The van der Waals surface area contributed by atoms with Crippen molar-refractivity contribution < 1.29 is 22.7 Å². The summed E-state index contributed by atoms with van der Waals surface area (Å²) in [6, 6.07) is 15.5. The van der Waals surface area contributed by atoms with Gasteiger partial charge in [-0.3, -0.25) is 0 Å². The Morgan fingerprint density at radius 3 is 2.45 bits per heavy atom. The zero-order valence-corrected chi connectivity index (χ0v) is 16.3. The largest absolute Gasteiger partial charge is 0.573 e. The van der Waals surface area contributed by atoms with Gasteiger partial charge in [-0.2, -0.15) is 0 Å². The number of hydrogen-bond donors (Lipinski definition) is 2. The van der Waals surface area contributed by atoms with Gasteiger partial charge >= 0.3 is 12.4 Å². The van der Waals surface area contributed by atoms with Crippen LogP contribution in [-0.2, 0) is 0 Å². The molecule has 0 spiro atoms. The van der Waals surface area contributed by atoms with Crippen molar-refractivity contribution in [3.8, 4) is 17.0 Å². The van der Waals surface area contributed by atoms with Crippen molar-refractivity contribution in [3.05, 3.63) is 78.6 Å². The van der Waals surface area contributed by atoms with E-state index in [9.17, 15) is 18.0 Å². The highest BCUT2D eigenvalue weighted by atomic mass is 19.4. The highest BCUT2D eigenvalue weighted by molar-refractivity contribution is 6.00. The minimum atomic E-state index is -4.77. The highest BCUT2D eigenvalue weighted by Crippen LogP contribution is 2.25. The van der Waals surface area contributed by atoms with Gasteiger partial charge in [0, 0.05) is 29.3 Å². The first kappa shape index (κ1) is 20.3. The normalized spacial score (nSPS) is 11.4. The highest BCUT2D eigenvalue weighted by Gasteiger charge is 2.30. The van der Waals surface area contributed by atoms with Crippen LogP contribution in [0.1, 0.15) is 5.56 Å². The Morgan fingerprint density at radius 1 is 1.00 bits per heavy atom. The van der Waals surface area contributed by atoms with Crippen LogP contribution in [0.15, 0.2) is 73.1 Å². The standard InChI is InChI=1S/C22H17F3N4O2/c1-14-4-3-11-29-13-19(28-20(14)29)15-5-2-6-17(12-15)27-21(30)26-16-7-9-18(10-8-16)31-22(23,24)25/h2-13H,1H3,(H2,26,27,30). The number of carbonyl (C=O) groups is 1. The number of aryl methyl sites for hydroxylation is 1. The number of nitrogens with zero attached hydrogens (tertiary/aromatic N) is 2. The van der Waals surface area contributed by atoms with E-state index in [0.717, 1.165) is 34.6 Å². The lowest BCUT2D eigenvalue weighted by atomic mass is 10.1. The van der Waals surface area contributed by atoms with Gasteiger partial charge in [0.2, 0.25) is 0 Å². The first-order valence-electron chi connectivity index (χ1n) is 9.25. The third-order valence-corrected chi connectivity index (χ3v) is 4.44. The van der Waals surface area contributed by atoms with E-state index < -0.39 is 12.4 Å². The molecule has 0 aliphatic carbocycles. The Labute approximate surface area is 175 Å². The van der Waals surface area contributed by atoms with E-state index >= 15 is 0 Å². The number of rotatable bonds is 4. The fourth-order valence-corrected chi connectivity index (χ4v) is 3.08. The summed E-state index contributed by atoms with van der Waals surface area (Å²) < 4.78 is 42.4. The number of halogens is 3. The number of alkyl halides is 3. The Balaban J connectivity index is 1.45. The molecule has 0 fully saturated rings. The lowest BCUT2D eigenvalue weighted by Crippen LogP contribution is -2.19. The smallest absolute Gasteiger partial charge is 0.406 e. The van der Waals surface area contributed by atoms with Gasteiger partial charge in [-0.25, -0.2) is 9.78 Å². The lowest BCUT2D eigenvalue weighted by molar-refractivity contribution is -0.274. The molecule has 6 nitrogen and oxygen atoms in total. The Kier molecular flexibility index (Phi) is 5.24. The maximum Gasteiger partial charge on any atom is 0.573 e. The third-order valence-electron chi connectivity index (χ3n) is 4.44. The fraction of sp³-hybridized carbons (Fsp3) is 0.0909. The van der Waals surface area contributed by atoms with Crippen molar-refractivity contribution in [2.45, 2.75) is 13.3 Å². The minimum Gasteiger partial charge on any atom is -0.406 e. The molecule has 2 N–H and O–H groups in total. The molecule has 0 radical (unpaired) electrons. The number of benzene rings is 2. The predicted octanol–water partition coefficient (Wildman–Crippen LogP) is 5.85. The summed E-state index contributed by atoms with van der Waals surface area (Å²) in [6.45, 7) is 1.98. The van der Waals surface area contributed by atoms with E-state index in [4.69, 9.17) is 0 Å². The van der Waals surface area contributed by atoms with E-state index in [1.54, 1.807) is 18.2 Å². The number of amides is 2. The van der Waals surface area contributed by atoms with Crippen LogP contribution in [0.5, 0.6) is 5.75 Å². The Hall–Kier alpha value is -4.01. The van der Waals surface area contributed by atoms with E-state index in [0.29, 0.717) is 11.4 Å². The van der Waals surface area contributed by atoms with E-state index in [2.05, 4.69) is 20.4 Å². The average Bonchev–Trinajstić information content (AvgIpc) is 3.14. The number of fused-ring (bicyclic) bond motifs is 1. The molecular weight excluding hydrogens is 409 g/mol. The number of anilines is 2. The SMILES string of the molecule is Cc1cccn2cc(-c3cccc(NC(=O)Nc4ccc(OC(F)(F)F)cc4)c3)nc12. The molecule has 2 amide bonds. The fourth-order valence-electron chi connectivity index (χ4n) is 3.08. The maximum atomic E-state index is 12.3. The molecule has 0 atom stereocenters. The second-order valence-corrected chi connectivity index (χ2v) is 6.78. The Bertz CT molecular complexity index is 1230. The number of imidazole rings is 1. The molecular formula is C22H17F3N4O2. The summed E-state index contributed by atoms with van der Waals surface area (Å²) in [5.41, 5.74) is 4.36. The van der Waals surface area contributed by atoms with E-state index in [-0.39, 0.29) is 5.75 Å². The number of urea groups is 1. The molecule has 0 saturated carbocycles. The van der Waals surface area contributed by atoms with E-state index in [1.165, 1.54) is 12.1 Å². The zero-order chi connectivity index (χ0) is 22.0. The van der Waals surface area contributed by atoms with Crippen LogP contribution in [-0.4, -0.2) is 21.8 Å². The van der Waals surface area contributed by atoms with Crippen LogP contribution in [0.4, 0.5) is 29.3 Å². The van der Waals surface area contributed by atoms with Gasteiger partial charge in [-0.15, -0.1) is 13.2 Å². The van der Waals surface area contributed by atoms with Gasteiger partial charge in [0.05, 0.1) is 5.69 Å². The molecule has 0 unspecified atom stereocenters. The number of hydrogen-bond acceptors (Lipinski definition) is 3. The first-order valence-corrected chi connectivity index (χ1v) is 9.25. The van der Waals surface area contributed by atoms with Crippen LogP contribution in [0.25, 0.3) is 16.9 Å². The Morgan fingerprint density at radius 2 is 1.74 bits per heavy atom. The second-order valence-electron chi connectivity index (χ2n) is 6.78. The van der Waals surface area contributed by atoms with Crippen molar-refractivity contribution >= 4 is 23.1 Å². The van der Waals surface area contributed by atoms with Crippen molar-refractivity contribution in [1.82, 2.24) is 9.38 Å². The van der Waals surface area contributed by atoms with Gasteiger partial charge in [0.1, 0.15) is 11.4 Å². The summed E-state index contributed by atoms with van der Waals surface area (Å²) in [7, 11) is 0. The summed E-state index contributed by atoms with van der Waals surface area (Å²) >= 11 is 0. The van der Waals surface area contributed by atoms with Crippen molar-refractivity contribution in [2.75, 3.05) is 10.6 Å². The molecule has 2 aromatic heterocycles. The van der Waals surface area contributed by atoms with Crippen LogP contribution < -0.4 is 15.4 Å². The molecule has 0 bridgehead atoms. The van der Waals surface area contributed by atoms with Gasteiger partial charge in [-0.1, -0.05) is 18.2 Å². The van der Waals surface area contributed by atoms with Gasteiger partial charge in [0.15, 0.2) is 0 Å². The second kappa shape index (κ2) is 8.02. The quantitative estimate of drug-likeness (QED) is 0.430. The van der Waals surface area contributed by atoms with Crippen molar-refractivity contribution in [1.29, 1.82) is 0 Å². The van der Waals surface area contributed by atoms with E-state index in [1.807, 2.05) is 41.9 Å². The van der Waals surface area contributed by atoms with Crippen molar-refractivity contribution in [2.24, 2.45) is 0 Å². The molecule has 2 aromatic carbocycles.